The number of para-hydroxylation sites is 1. The summed E-state index contributed by atoms with van der Waals surface area (Å²) in [6, 6.07) is 14.5. The molecule has 0 unspecified atom stereocenters. The smallest absolute Gasteiger partial charge is 0.342 e. The highest BCUT2D eigenvalue weighted by atomic mass is 32.1. The quantitative estimate of drug-likeness (QED) is 0.699. The number of hydrogen-bond acceptors (Lipinski definition) is 5. The van der Waals surface area contributed by atoms with Crippen molar-refractivity contribution in [3.8, 4) is 5.75 Å². The first kappa shape index (κ1) is 16.0. The van der Waals surface area contributed by atoms with Gasteiger partial charge in [-0.1, -0.05) is 30.3 Å². The molecule has 0 saturated heterocycles. The van der Waals surface area contributed by atoms with Crippen LogP contribution in [-0.2, 0) is 16.1 Å². The first-order valence-corrected chi connectivity index (χ1v) is 8.15. The number of nitrogens with two attached hydrogens (primary N) is 1. The third kappa shape index (κ3) is 3.55. The van der Waals surface area contributed by atoms with Crippen LogP contribution in [-0.4, -0.2) is 18.5 Å². The number of amides is 1. The van der Waals surface area contributed by atoms with Crippen molar-refractivity contribution < 1.29 is 19.1 Å². The van der Waals surface area contributed by atoms with E-state index in [1.807, 2.05) is 29.6 Å². The molecule has 24 heavy (non-hydrogen) atoms. The molecule has 3 aromatic rings. The van der Waals surface area contributed by atoms with Gasteiger partial charge in [-0.25, -0.2) is 4.79 Å². The van der Waals surface area contributed by atoms with Crippen LogP contribution in [0.5, 0.6) is 5.75 Å². The van der Waals surface area contributed by atoms with Crippen LogP contribution in [0, 0.1) is 0 Å². The summed E-state index contributed by atoms with van der Waals surface area (Å²) in [6.07, 6.45) is 0. The van der Waals surface area contributed by atoms with Crippen LogP contribution in [0.4, 0.5) is 0 Å². The van der Waals surface area contributed by atoms with Gasteiger partial charge in [-0.15, -0.1) is 11.3 Å². The van der Waals surface area contributed by atoms with E-state index in [0.717, 1.165) is 15.6 Å². The van der Waals surface area contributed by atoms with Crippen molar-refractivity contribution >= 4 is 33.3 Å². The lowest BCUT2D eigenvalue weighted by atomic mass is 10.2. The first-order chi connectivity index (χ1) is 11.6. The number of fused-ring (bicyclic) bond motifs is 1. The Morgan fingerprint density at radius 2 is 1.79 bits per heavy atom. The fraction of sp³-hybridized carbons (Fsp3) is 0.111. The van der Waals surface area contributed by atoms with Crippen LogP contribution >= 0.6 is 11.3 Å². The van der Waals surface area contributed by atoms with Crippen molar-refractivity contribution in [1.29, 1.82) is 0 Å². The van der Waals surface area contributed by atoms with E-state index in [-0.39, 0.29) is 24.5 Å². The molecule has 0 aliphatic rings. The molecule has 6 heteroatoms. The molecule has 122 valence electrons. The Bertz CT molecular complexity index is 887. The molecule has 1 aromatic heterocycles. The minimum absolute atomic E-state index is 0.174. The van der Waals surface area contributed by atoms with Gasteiger partial charge < -0.3 is 15.2 Å². The molecule has 2 aromatic carbocycles. The minimum Gasteiger partial charge on any atom is -0.483 e. The summed E-state index contributed by atoms with van der Waals surface area (Å²) in [5.74, 6) is -0.843. The molecule has 1 amide bonds. The Labute approximate surface area is 142 Å². The zero-order chi connectivity index (χ0) is 16.9. The monoisotopic (exact) mass is 341 g/mol. The van der Waals surface area contributed by atoms with Crippen molar-refractivity contribution in [3.63, 3.8) is 0 Å². The number of thiophene rings is 1. The summed E-state index contributed by atoms with van der Waals surface area (Å²) in [7, 11) is 0. The molecule has 2 N–H and O–H groups in total. The fourth-order valence-corrected chi connectivity index (χ4v) is 3.22. The highest BCUT2D eigenvalue weighted by molar-refractivity contribution is 7.17. The van der Waals surface area contributed by atoms with E-state index < -0.39 is 11.9 Å². The van der Waals surface area contributed by atoms with E-state index in [4.69, 9.17) is 15.2 Å². The molecule has 0 atom stereocenters. The number of benzene rings is 2. The Morgan fingerprint density at radius 3 is 2.62 bits per heavy atom. The zero-order valence-electron chi connectivity index (χ0n) is 12.7. The topological polar surface area (TPSA) is 78.6 Å². The SMILES string of the molecule is NC(=O)COc1ccccc1C(=O)OCc1csc2ccccc12. The van der Waals surface area contributed by atoms with Gasteiger partial charge in [-0.2, -0.15) is 0 Å². The summed E-state index contributed by atoms with van der Waals surface area (Å²) < 4.78 is 11.8. The average molecular weight is 341 g/mol. The highest BCUT2D eigenvalue weighted by Crippen LogP contribution is 2.27. The van der Waals surface area contributed by atoms with Crippen molar-refractivity contribution in [2.24, 2.45) is 5.73 Å². The molecule has 3 rings (SSSR count). The lowest BCUT2D eigenvalue weighted by molar-refractivity contribution is -0.119. The predicted molar refractivity (Wildman–Crippen MR) is 92.1 cm³/mol. The molecule has 5 nitrogen and oxygen atoms in total. The molecule has 0 bridgehead atoms. The van der Waals surface area contributed by atoms with E-state index in [1.54, 1.807) is 35.6 Å². The number of hydrogen-bond donors (Lipinski definition) is 1. The molecular weight excluding hydrogens is 326 g/mol. The van der Waals surface area contributed by atoms with Crippen molar-refractivity contribution in [3.05, 3.63) is 65.0 Å². The van der Waals surface area contributed by atoms with Crippen LogP contribution in [0.15, 0.2) is 53.9 Å². The Hall–Kier alpha value is -2.86. The Morgan fingerprint density at radius 1 is 1.04 bits per heavy atom. The van der Waals surface area contributed by atoms with Gasteiger partial charge in [0.05, 0.1) is 0 Å². The fourth-order valence-electron chi connectivity index (χ4n) is 2.28. The number of carbonyl (C=O) groups is 2. The molecule has 0 aliphatic carbocycles. The van der Waals surface area contributed by atoms with Crippen molar-refractivity contribution in [2.45, 2.75) is 6.61 Å². The van der Waals surface area contributed by atoms with Crippen LogP contribution in [0.3, 0.4) is 0 Å². The largest absolute Gasteiger partial charge is 0.483 e. The van der Waals surface area contributed by atoms with Gasteiger partial charge in [-0.05, 0) is 29.0 Å². The molecule has 0 aliphatic heterocycles. The third-order valence-electron chi connectivity index (χ3n) is 3.40. The van der Waals surface area contributed by atoms with E-state index in [1.165, 1.54) is 0 Å². The standard InChI is InChI=1S/C18H15NO4S/c19-17(20)10-22-15-7-3-1-6-14(15)18(21)23-9-12-11-24-16-8-4-2-5-13(12)16/h1-8,11H,9-10H2,(H2,19,20). The van der Waals surface area contributed by atoms with Crippen LogP contribution < -0.4 is 10.5 Å². The van der Waals surface area contributed by atoms with Gasteiger partial charge in [0.1, 0.15) is 17.9 Å². The predicted octanol–water partition coefficient (Wildman–Crippen LogP) is 3.12. The van der Waals surface area contributed by atoms with Gasteiger partial charge in [0.2, 0.25) is 0 Å². The van der Waals surface area contributed by atoms with E-state index in [0.29, 0.717) is 0 Å². The van der Waals surface area contributed by atoms with Crippen LogP contribution in [0.1, 0.15) is 15.9 Å². The van der Waals surface area contributed by atoms with Gasteiger partial charge in [-0.3, -0.25) is 4.79 Å². The van der Waals surface area contributed by atoms with E-state index >= 15 is 0 Å². The maximum absolute atomic E-state index is 12.3. The molecule has 0 saturated carbocycles. The van der Waals surface area contributed by atoms with E-state index in [9.17, 15) is 9.59 Å². The van der Waals surface area contributed by atoms with Gasteiger partial charge in [0.25, 0.3) is 5.91 Å². The summed E-state index contributed by atoms with van der Waals surface area (Å²) in [5.41, 5.74) is 6.28. The highest BCUT2D eigenvalue weighted by Gasteiger charge is 2.15. The Balaban J connectivity index is 1.72. The van der Waals surface area contributed by atoms with Crippen LogP contribution in [0.2, 0.25) is 0 Å². The van der Waals surface area contributed by atoms with E-state index in [2.05, 4.69) is 0 Å². The van der Waals surface area contributed by atoms with Gasteiger partial charge in [0.15, 0.2) is 6.61 Å². The lowest BCUT2D eigenvalue weighted by Crippen LogP contribution is -2.21. The summed E-state index contributed by atoms with van der Waals surface area (Å²) in [4.78, 5) is 23.2. The Kier molecular flexibility index (Phi) is 4.77. The summed E-state index contributed by atoms with van der Waals surface area (Å²) in [5, 5.41) is 3.06. The third-order valence-corrected chi connectivity index (χ3v) is 4.41. The minimum atomic E-state index is -0.608. The maximum atomic E-state index is 12.3. The number of carbonyl (C=O) groups excluding carboxylic acids is 2. The number of esters is 1. The normalized spacial score (nSPS) is 10.5. The molecule has 0 fully saturated rings. The molecule has 1 heterocycles. The maximum Gasteiger partial charge on any atom is 0.342 e. The zero-order valence-corrected chi connectivity index (χ0v) is 13.5. The second-order valence-corrected chi connectivity index (χ2v) is 6.00. The summed E-state index contributed by atoms with van der Waals surface area (Å²) in [6.45, 7) is -0.119. The molecular formula is C18H15NO4S. The number of ether oxygens (including phenoxy) is 2. The second kappa shape index (κ2) is 7.14. The molecule has 0 spiro atoms. The lowest BCUT2D eigenvalue weighted by Gasteiger charge is -2.10. The van der Waals surface area contributed by atoms with Crippen molar-refractivity contribution in [2.75, 3.05) is 6.61 Å². The van der Waals surface area contributed by atoms with Crippen LogP contribution in [0.25, 0.3) is 10.1 Å². The molecule has 0 radical (unpaired) electrons. The first-order valence-electron chi connectivity index (χ1n) is 7.27. The van der Waals surface area contributed by atoms with Gasteiger partial charge in [0, 0.05) is 10.3 Å². The second-order valence-electron chi connectivity index (χ2n) is 5.08. The average Bonchev–Trinajstić information content (AvgIpc) is 3.01. The summed E-state index contributed by atoms with van der Waals surface area (Å²) >= 11 is 1.61. The number of rotatable bonds is 6. The number of primary amides is 1. The van der Waals surface area contributed by atoms with Crippen molar-refractivity contribution in [1.82, 2.24) is 0 Å². The van der Waals surface area contributed by atoms with Gasteiger partial charge >= 0.3 is 5.97 Å².